The fourth-order valence-electron chi connectivity index (χ4n) is 8.11. The summed E-state index contributed by atoms with van der Waals surface area (Å²) in [4.78, 5) is 31.0. The van der Waals surface area contributed by atoms with Crippen LogP contribution < -0.4 is 16.4 Å². The zero-order chi connectivity index (χ0) is 22.1. The average Bonchev–Trinajstić information content (AvgIpc) is 3.56. The van der Waals surface area contributed by atoms with Crippen LogP contribution in [0, 0.1) is 35.5 Å². The molecule has 3 aliphatic carbocycles. The van der Waals surface area contributed by atoms with Gasteiger partial charge in [-0.3, -0.25) is 9.59 Å². The Hall–Kier alpha value is -1.96. The number of rotatable bonds is 2. The summed E-state index contributed by atoms with van der Waals surface area (Å²) < 4.78 is 0. The van der Waals surface area contributed by atoms with E-state index in [-0.39, 0.29) is 11.8 Å². The molecule has 7 rings (SSSR count). The lowest BCUT2D eigenvalue weighted by Gasteiger charge is -2.42. The van der Waals surface area contributed by atoms with Crippen molar-refractivity contribution in [3.63, 3.8) is 0 Å². The van der Waals surface area contributed by atoms with Crippen LogP contribution >= 0.6 is 0 Å². The second-order valence-corrected chi connectivity index (χ2v) is 11.5. The first-order valence-corrected chi connectivity index (χ1v) is 13.1. The number of amides is 2. The van der Waals surface area contributed by atoms with Crippen LogP contribution in [0.15, 0.2) is 24.3 Å². The molecule has 5 fully saturated rings. The van der Waals surface area contributed by atoms with Gasteiger partial charge in [0.15, 0.2) is 0 Å². The number of nitrogens with one attached hydrogen (secondary N) is 3. The minimum Gasteiger partial charge on any atom is -0.342 e. The number of hydrazine groups is 2. The van der Waals surface area contributed by atoms with E-state index in [1.807, 2.05) is 0 Å². The van der Waals surface area contributed by atoms with Crippen LogP contribution in [0.1, 0.15) is 36.8 Å². The van der Waals surface area contributed by atoms with Gasteiger partial charge in [0.25, 0.3) is 0 Å². The Balaban J connectivity index is 0.955. The number of fused-ring (bicyclic) bond motifs is 6. The molecule has 6 aliphatic rings. The Morgan fingerprint density at radius 1 is 0.727 bits per heavy atom. The van der Waals surface area contributed by atoms with Crippen molar-refractivity contribution in [3.05, 3.63) is 35.4 Å². The highest BCUT2D eigenvalue weighted by atomic mass is 16.2. The molecular weight excluding hydrogens is 414 g/mol. The van der Waals surface area contributed by atoms with Gasteiger partial charge in [0, 0.05) is 50.1 Å². The summed E-state index contributed by atoms with van der Waals surface area (Å²) in [5.41, 5.74) is 12.4. The van der Waals surface area contributed by atoms with E-state index in [1.165, 1.54) is 11.1 Å². The molecule has 0 spiro atoms. The van der Waals surface area contributed by atoms with Crippen molar-refractivity contribution < 1.29 is 9.59 Å². The molecule has 0 bridgehead atoms. The van der Waals surface area contributed by atoms with E-state index in [0.717, 1.165) is 64.7 Å². The Morgan fingerprint density at radius 2 is 1.33 bits per heavy atom. The first-order chi connectivity index (χ1) is 16.2. The quantitative estimate of drug-likeness (QED) is 0.631. The maximum Gasteiger partial charge on any atom is 0.226 e. The number of benzene rings is 1. The molecule has 3 saturated heterocycles. The standard InChI is InChI=1S/C26H35N5O2/c32-25(17-6-5-15-3-1-2-4-16(15)9-17)30-11-19-20(12-30)22-14-31(13-21(19)22)26(33)18-7-8-23-24(10-18)28-29-27-23/h1-4,17-24,27-29H,5-14H2/t17?,18?,19-,20+,21+,22-,23?,24?. The Kier molecular flexibility index (Phi) is 4.82. The van der Waals surface area contributed by atoms with Gasteiger partial charge < -0.3 is 9.80 Å². The van der Waals surface area contributed by atoms with Crippen LogP contribution in [0.3, 0.4) is 0 Å². The van der Waals surface area contributed by atoms with Gasteiger partial charge in [-0.2, -0.15) is 5.53 Å². The summed E-state index contributed by atoms with van der Waals surface area (Å²) >= 11 is 0. The molecule has 1 aromatic carbocycles. The van der Waals surface area contributed by atoms with Gasteiger partial charge in [0.2, 0.25) is 11.8 Å². The van der Waals surface area contributed by atoms with Gasteiger partial charge in [-0.05, 0) is 73.3 Å². The molecule has 4 unspecified atom stereocenters. The number of carbonyl (C=O) groups is 2. The predicted molar refractivity (Wildman–Crippen MR) is 123 cm³/mol. The molecule has 2 amide bonds. The third-order valence-electron chi connectivity index (χ3n) is 9.96. The van der Waals surface area contributed by atoms with Crippen molar-refractivity contribution in [3.8, 4) is 0 Å². The Bertz CT molecular complexity index is 948. The Labute approximate surface area is 195 Å². The average molecular weight is 450 g/mol. The van der Waals surface area contributed by atoms with Crippen molar-refractivity contribution in [2.75, 3.05) is 26.2 Å². The number of nitrogens with zero attached hydrogens (tertiary/aromatic N) is 2. The van der Waals surface area contributed by atoms with E-state index < -0.39 is 0 Å². The van der Waals surface area contributed by atoms with Gasteiger partial charge in [0.05, 0.1) is 0 Å². The number of likely N-dealkylation sites (tertiary alicyclic amines) is 2. The van der Waals surface area contributed by atoms with Crippen LogP contribution in [-0.2, 0) is 22.4 Å². The predicted octanol–water partition coefficient (Wildman–Crippen LogP) is 1.10. The largest absolute Gasteiger partial charge is 0.342 e. The molecule has 176 valence electrons. The number of carbonyl (C=O) groups excluding carboxylic acids is 2. The molecule has 2 saturated carbocycles. The molecule has 1 aromatic rings. The van der Waals surface area contributed by atoms with Crippen molar-refractivity contribution >= 4 is 11.8 Å². The molecule has 3 N–H and O–H groups in total. The van der Waals surface area contributed by atoms with Gasteiger partial charge >= 0.3 is 0 Å². The zero-order valence-corrected chi connectivity index (χ0v) is 19.2. The highest BCUT2D eigenvalue weighted by Gasteiger charge is 2.59. The maximum absolute atomic E-state index is 13.4. The lowest BCUT2D eigenvalue weighted by atomic mass is 9.60. The van der Waals surface area contributed by atoms with Gasteiger partial charge in [-0.1, -0.05) is 24.3 Å². The number of hydrogen-bond donors (Lipinski definition) is 3. The molecule has 0 aromatic heterocycles. The molecule has 3 heterocycles. The van der Waals surface area contributed by atoms with Gasteiger partial charge in [-0.15, -0.1) is 0 Å². The number of aryl methyl sites for hydroxylation is 1. The van der Waals surface area contributed by atoms with Crippen LogP contribution in [0.4, 0.5) is 0 Å². The van der Waals surface area contributed by atoms with E-state index in [2.05, 4.69) is 50.5 Å². The van der Waals surface area contributed by atoms with E-state index >= 15 is 0 Å². The SMILES string of the molecule is O=C(C1CCc2ccccc2C1)N1C[C@@H]2[C@H](C1)[C@H]1CN(C(=O)C3CCC4NNNC4C3)C[C@@H]21. The summed E-state index contributed by atoms with van der Waals surface area (Å²) in [6.45, 7) is 3.66. The summed E-state index contributed by atoms with van der Waals surface area (Å²) in [6.07, 6.45) is 5.88. The second kappa shape index (κ2) is 7.79. The molecule has 0 radical (unpaired) electrons. The number of hydrogen-bond acceptors (Lipinski definition) is 5. The molecule has 7 nitrogen and oxygen atoms in total. The molecule has 7 heteroatoms. The van der Waals surface area contributed by atoms with Crippen LogP contribution in [0.5, 0.6) is 0 Å². The van der Waals surface area contributed by atoms with Gasteiger partial charge in [-0.25, -0.2) is 10.9 Å². The van der Waals surface area contributed by atoms with E-state index in [1.54, 1.807) is 0 Å². The summed E-state index contributed by atoms with van der Waals surface area (Å²) in [6, 6.07) is 9.42. The lowest BCUT2D eigenvalue weighted by Crippen LogP contribution is -2.45. The van der Waals surface area contributed by atoms with E-state index in [4.69, 9.17) is 0 Å². The topological polar surface area (TPSA) is 76.7 Å². The Morgan fingerprint density at radius 3 is 2.03 bits per heavy atom. The van der Waals surface area contributed by atoms with Gasteiger partial charge in [0.1, 0.15) is 0 Å². The second-order valence-electron chi connectivity index (χ2n) is 11.5. The van der Waals surface area contributed by atoms with Crippen molar-refractivity contribution in [1.82, 2.24) is 26.2 Å². The minimum absolute atomic E-state index is 0.152. The normalized spacial score (nSPS) is 41.1. The first-order valence-electron chi connectivity index (χ1n) is 13.1. The monoisotopic (exact) mass is 449 g/mol. The first kappa shape index (κ1) is 20.4. The maximum atomic E-state index is 13.4. The van der Waals surface area contributed by atoms with Crippen LogP contribution in [-0.4, -0.2) is 59.9 Å². The van der Waals surface area contributed by atoms with Crippen molar-refractivity contribution in [2.45, 2.75) is 50.6 Å². The molecule has 3 aliphatic heterocycles. The smallest absolute Gasteiger partial charge is 0.226 e. The lowest BCUT2D eigenvalue weighted by molar-refractivity contribution is -0.136. The fourth-order valence-corrected chi connectivity index (χ4v) is 8.11. The molecule has 33 heavy (non-hydrogen) atoms. The van der Waals surface area contributed by atoms with Crippen molar-refractivity contribution in [1.29, 1.82) is 0 Å². The summed E-state index contributed by atoms with van der Waals surface area (Å²) in [5.74, 6) is 3.49. The zero-order valence-electron chi connectivity index (χ0n) is 19.2. The molecule has 8 atom stereocenters. The van der Waals surface area contributed by atoms with E-state index in [0.29, 0.717) is 47.6 Å². The fraction of sp³-hybridized carbons (Fsp3) is 0.692. The van der Waals surface area contributed by atoms with Crippen LogP contribution in [0.2, 0.25) is 0 Å². The highest BCUT2D eigenvalue weighted by molar-refractivity contribution is 5.81. The van der Waals surface area contributed by atoms with Crippen LogP contribution in [0.25, 0.3) is 0 Å². The minimum atomic E-state index is 0.152. The van der Waals surface area contributed by atoms with E-state index in [9.17, 15) is 9.59 Å². The third kappa shape index (κ3) is 3.27. The van der Waals surface area contributed by atoms with Crippen molar-refractivity contribution in [2.24, 2.45) is 35.5 Å². The highest BCUT2D eigenvalue weighted by Crippen LogP contribution is 2.54. The molecular formula is C26H35N5O2. The summed E-state index contributed by atoms with van der Waals surface area (Å²) in [7, 11) is 0. The summed E-state index contributed by atoms with van der Waals surface area (Å²) in [5, 5.41) is 0. The third-order valence-corrected chi connectivity index (χ3v) is 9.96.